The number of hydrogen-bond donors (Lipinski definition) is 1. The summed E-state index contributed by atoms with van der Waals surface area (Å²) in [6.45, 7) is 0. The van der Waals surface area contributed by atoms with Crippen molar-refractivity contribution in [2.24, 2.45) is 0 Å². The Kier molecular flexibility index (Phi) is 19.7. The number of ether oxygens (including phenoxy) is 1. The van der Waals surface area contributed by atoms with E-state index in [-0.39, 0.29) is 25.2 Å². The van der Waals surface area contributed by atoms with Crippen LogP contribution in [-0.4, -0.2) is 36.5 Å². The molecule has 0 aromatic carbocycles. The van der Waals surface area contributed by atoms with Crippen LogP contribution < -0.4 is 0 Å². The van der Waals surface area contributed by atoms with Crippen molar-refractivity contribution in [1.82, 2.24) is 0 Å². The molecule has 186 valence electrons. The molecule has 0 aromatic heterocycles. The summed E-state index contributed by atoms with van der Waals surface area (Å²) in [6, 6.07) is 0. The topological polar surface area (TPSA) is 63.6 Å². The number of carbonyl (C=O) groups is 2. The van der Waals surface area contributed by atoms with Gasteiger partial charge >= 0.3 is 24.3 Å². The highest BCUT2D eigenvalue weighted by atomic mass is 19.4. The Balaban J connectivity index is 0. The zero-order chi connectivity index (χ0) is 24.2. The van der Waals surface area contributed by atoms with Gasteiger partial charge in [0, 0.05) is 25.7 Å². The van der Waals surface area contributed by atoms with E-state index < -0.39 is 31.2 Å². The molecule has 0 amide bonds. The van der Waals surface area contributed by atoms with Crippen LogP contribution >= 0.6 is 0 Å². The Morgan fingerprint density at radius 3 is 1.26 bits per heavy atom. The van der Waals surface area contributed by atoms with E-state index in [1.165, 1.54) is 7.11 Å². The van der Waals surface area contributed by atoms with Gasteiger partial charge in [-0.2, -0.15) is 26.3 Å². The van der Waals surface area contributed by atoms with Gasteiger partial charge in [0.1, 0.15) is 0 Å². The standard InChI is InChI=1S/C11H19F3O2.C10H17F3O2/c1-16-10(15)8-6-4-2-3-5-7-9-11(12,13)14;11-10(12,13)8-6-4-2-1-3-5-7-9(14)15/h2-9H2,1H3;1-8H2,(H,14,15). The summed E-state index contributed by atoms with van der Waals surface area (Å²) in [6.07, 6.45) is -1.01. The second-order valence-corrected chi connectivity index (χ2v) is 7.44. The van der Waals surface area contributed by atoms with E-state index in [1.54, 1.807) is 0 Å². The van der Waals surface area contributed by atoms with Gasteiger partial charge in [-0.05, 0) is 25.7 Å². The van der Waals surface area contributed by atoms with Crippen LogP contribution in [0, 0.1) is 0 Å². The van der Waals surface area contributed by atoms with Crippen LogP contribution in [-0.2, 0) is 14.3 Å². The van der Waals surface area contributed by atoms with Gasteiger partial charge in [-0.15, -0.1) is 0 Å². The average molecular weight is 467 g/mol. The van der Waals surface area contributed by atoms with Crippen molar-refractivity contribution in [3.63, 3.8) is 0 Å². The number of aliphatic carboxylic acids is 1. The second kappa shape index (κ2) is 19.2. The van der Waals surface area contributed by atoms with Crippen molar-refractivity contribution in [2.75, 3.05) is 7.11 Å². The van der Waals surface area contributed by atoms with Gasteiger partial charge in [0.05, 0.1) is 7.11 Å². The number of carbonyl (C=O) groups excluding carboxylic acids is 1. The summed E-state index contributed by atoms with van der Waals surface area (Å²) in [7, 11) is 1.35. The summed E-state index contributed by atoms with van der Waals surface area (Å²) >= 11 is 0. The first kappa shape index (κ1) is 31.7. The minimum absolute atomic E-state index is 0.155. The molecule has 0 radical (unpaired) electrons. The lowest BCUT2D eigenvalue weighted by Crippen LogP contribution is -2.06. The quantitative estimate of drug-likeness (QED) is 0.145. The first-order chi connectivity index (χ1) is 14.4. The maximum atomic E-state index is 11.8. The van der Waals surface area contributed by atoms with Crippen LogP contribution in [0.25, 0.3) is 0 Å². The Morgan fingerprint density at radius 2 is 0.935 bits per heavy atom. The first-order valence-corrected chi connectivity index (χ1v) is 10.8. The van der Waals surface area contributed by atoms with Crippen LogP contribution in [0.1, 0.15) is 103 Å². The highest BCUT2D eigenvalue weighted by Gasteiger charge is 2.26. The number of carboxylic acid groups (broad SMARTS) is 1. The van der Waals surface area contributed by atoms with Crippen molar-refractivity contribution < 1.29 is 45.8 Å². The number of hydrogen-bond acceptors (Lipinski definition) is 3. The predicted octanol–water partition coefficient (Wildman–Crippen LogP) is 7.60. The van der Waals surface area contributed by atoms with Crippen molar-refractivity contribution in [2.45, 2.75) is 115 Å². The van der Waals surface area contributed by atoms with Gasteiger partial charge < -0.3 is 9.84 Å². The zero-order valence-corrected chi connectivity index (χ0v) is 18.3. The number of esters is 1. The van der Waals surface area contributed by atoms with Crippen LogP contribution in [0.4, 0.5) is 26.3 Å². The highest BCUT2D eigenvalue weighted by Crippen LogP contribution is 2.24. The highest BCUT2D eigenvalue weighted by molar-refractivity contribution is 5.69. The Labute approximate surface area is 180 Å². The van der Waals surface area contributed by atoms with Gasteiger partial charge in [-0.1, -0.05) is 51.4 Å². The van der Waals surface area contributed by atoms with Crippen molar-refractivity contribution in [3.8, 4) is 0 Å². The summed E-state index contributed by atoms with van der Waals surface area (Å²) < 4.78 is 74.9. The smallest absolute Gasteiger partial charge is 0.389 e. The number of unbranched alkanes of at least 4 members (excludes halogenated alkanes) is 10. The fraction of sp³-hybridized carbons (Fsp3) is 0.905. The van der Waals surface area contributed by atoms with Gasteiger partial charge in [0.15, 0.2) is 0 Å². The monoisotopic (exact) mass is 466 g/mol. The van der Waals surface area contributed by atoms with E-state index in [0.717, 1.165) is 44.9 Å². The molecule has 0 spiro atoms. The number of rotatable bonds is 16. The Bertz CT molecular complexity index is 450. The normalized spacial score (nSPS) is 11.6. The molecule has 0 aliphatic heterocycles. The fourth-order valence-electron chi connectivity index (χ4n) is 2.71. The minimum Gasteiger partial charge on any atom is -0.481 e. The molecule has 0 heterocycles. The van der Waals surface area contributed by atoms with Gasteiger partial charge in [0.25, 0.3) is 0 Å². The molecule has 31 heavy (non-hydrogen) atoms. The van der Waals surface area contributed by atoms with E-state index in [4.69, 9.17) is 5.11 Å². The number of carboxylic acids is 1. The van der Waals surface area contributed by atoms with E-state index >= 15 is 0 Å². The number of alkyl halides is 6. The van der Waals surface area contributed by atoms with Gasteiger partial charge in [-0.3, -0.25) is 9.59 Å². The molecule has 0 saturated carbocycles. The predicted molar refractivity (Wildman–Crippen MR) is 106 cm³/mol. The number of methoxy groups -OCH3 is 1. The van der Waals surface area contributed by atoms with E-state index in [9.17, 15) is 35.9 Å². The van der Waals surface area contributed by atoms with Crippen molar-refractivity contribution in [3.05, 3.63) is 0 Å². The Morgan fingerprint density at radius 1 is 0.613 bits per heavy atom. The maximum absolute atomic E-state index is 11.8. The molecule has 4 nitrogen and oxygen atoms in total. The summed E-state index contributed by atoms with van der Waals surface area (Å²) in [5.74, 6) is -1.04. The van der Waals surface area contributed by atoms with Gasteiger partial charge in [-0.25, -0.2) is 0 Å². The van der Waals surface area contributed by atoms with Crippen molar-refractivity contribution >= 4 is 11.9 Å². The lowest BCUT2D eigenvalue weighted by molar-refractivity contribution is -0.141. The molecule has 0 aliphatic rings. The second-order valence-electron chi connectivity index (χ2n) is 7.44. The lowest BCUT2D eigenvalue weighted by Gasteiger charge is -2.05. The molecule has 10 heteroatoms. The molecule has 0 rings (SSSR count). The molecular formula is C21H36F6O4. The molecule has 0 aliphatic carbocycles. The summed E-state index contributed by atoms with van der Waals surface area (Å²) in [4.78, 5) is 20.8. The fourth-order valence-corrected chi connectivity index (χ4v) is 2.71. The molecular weight excluding hydrogens is 430 g/mol. The third kappa shape index (κ3) is 33.4. The minimum atomic E-state index is -4.04. The van der Waals surface area contributed by atoms with E-state index in [0.29, 0.717) is 25.7 Å². The maximum Gasteiger partial charge on any atom is 0.389 e. The van der Waals surface area contributed by atoms with Crippen LogP contribution in [0.15, 0.2) is 0 Å². The molecule has 0 aromatic rings. The SMILES string of the molecule is COC(=O)CCCCCCCCC(F)(F)F.O=C(O)CCCCCCCCC(F)(F)F. The first-order valence-electron chi connectivity index (χ1n) is 10.8. The molecule has 0 fully saturated rings. The van der Waals surface area contributed by atoms with E-state index in [2.05, 4.69) is 4.74 Å². The van der Waals surface area contributed by atoms with Crippen LogP contribution in [0.3, 0.4) is 0 Å². The molecule has 0 saturated heterocycles. The Hall–Kier alpha value is -1.48. The summed E-state index contributed by atoms with van der Waals surface area (Å²) in [5, 5.41) is 8.32. The summed E-state index contributed by atoms with van der Waals surface area (Å²) in [5.41, 5.74) is 0. The van der Waals surface area contributed by atoms with Gasteiger partial charge in [0.2, 0.25) is 0 Å². The largest absolute Gasteiger partial charge is 0.481 e. The third-order valence-corrected chi connectivity index (χ3v) is 4.42. The molecule has 0 bridgehead atoms. The average Bonchev–Trinajstić information content (AvgIpc) is 2.64. The molecule has 1 N–H and O–H groups in total. The van der Waals surface area contributed by atoms with E-state index in [1.807, 2.05) is 0 Å². The van der Waals surface area contributed by atoms with Crippen LogP contribution in [0.2, 0.25) is 0 Å². The molecule has 0 unspecified atom stereocenters. The lowest BCUT2D eigenvalue weighted by atomic mass is 10.1. The zero-order valence-electron chi connectivity index (χ0n) is 18.3. The third-order valence-electron chi connectivity index (χ3n) is 4.42. The number of halogens is 6. The van der Waals surface area contributed by atoms with Crippen molar-refractivity contribution in [1.29, 1.82) is 0 Å². The molecule has 0 atom stereocenters. The van der Waals surface area contributed by atoms with Crippen LogP contribution in [0.5, 0.6) is 0 Å².